The van der Waals surface area contributed by atoms with Gasteiger partial charge in [0.05, 0.1) is 19.3 Å². The predicted molar refractivity (Wildman–Crippen MR) is 103 cm³/mol. The van der Waals surface area contributed by atoms with Gasteiger partial charge < -0.3 is 20.1 Å². The van der Waals surface area contributed by atoms with E-state index < -0.39 is 0 Å². The number of rotatable bonds is 7. The Morgan fingerprint density at radius 1 is 1.04 bits per heavy atom. The Labute approximate surface area is 153 Å². The van der Waals surface area contributed by atoms with Gasteiger partial charge in [0, 0.05) is 5.69 Å². The molecule has 0 radical (unpaired) electrons. The molecule has 134 valence electrons. The molecular weight excluding hydrogens is 339 g/mol. The van der Waals surface area contributed by atoms with Gasteiger partial charge in [-0.05, 0) is 75.0 Å². The van der Waals surface area contributed by atoms with Crippen LogP contribution in [0.25, 0.3) is 0 Å². The van der Waals surface area contributed by atoms with E-state index in [1.807, 2.05) is 39.0 Å². The van der Waals surface area contributed by atoms with Gasteiger partial charge in [0.15, 0.2) is 16.6 Å². The Morgan fingerprint density at radius 3 is 2.32 bits per heavy atom. The molecule has 6 heteroatoms. The van der Waals surface area contributed by atoms with Crippen LogP contribution in [0.5, 0.6) is 11.5 Å². The Morgan fingerprint density at radius 2 is 1.68 bits per heavy atom. The highest BCUT2D eigenvalue weighted by molar-refractivity contribution is 7.80. The molecule has 0 unspecified atom stereocenters. The minimum atomic E-state index is -0.282. The highest BCUT2D eigenvalue weighted by Gasteiger charge is 2.12. The number of hydrogen-bond donors (Lipinski definition) is 2. The Balaban J connectivity index is 2.03. The number of halogens is 1. The van der Waals surface area contributed by atoms with Crippen molar-refractivity contribution < 1.29 is 13.9 Å². The van der Waals surface area contributed by atoms with Crippen molar-refractivity contribution in [3.8, 4) is 11.5 Å². The lowest BCUT2D eigenvalue weighted by atomic mass is 10.1. The van der Waals surface area contributed by atoms with Gasteiger partial charge in [-0.15, -0.1) is 0 Å². The van der Waals surface area contributed by atoms with Gasteiger partial charge in [0.25, 0.3) is 0 Å². The van der Waals surface area contributed by atoms with Crippen molar-refractivity contribution in [3.05, 3.63) is 53.8 Å². The zero-order chi connectivity index (χ0) is 18.2. The second-order valence-electron chi connectivity index (χ2n) is 5.40. The number of thiocarbonyl (C=S) groups is 1. The molecule has 25 heavy (non-hydrogen) atoms. The molecule has 1 atom stereocenters. The zero-order valence-electron chi connectivity index (χ0n) is 14.6. The average Bonchev–Trinajstić information content (AvgIpc) is 2.59. The lowest BCUT2D eigenvalue weighted by Crippen LogP contribution is -2.30. The topological polar surface area (TPSA) is 42.5 Å². The number of anilines is 1. The summed E-state index contributed by atoms with van der Waals surface area (Å²) >= 11 is 5.32. The minimum Gasteiger partial charge on any atom is -0.490 e. The molecule has 0 heterocycles. The van der Waals surface area contributed by atoms with Gasteiger partial charge in [-0.2, -0.15) is 0 Å². The summed E-state index contributed by atoms with van der Waals surface area (Å²) in [5, 5.41) is 6.71. The summed E-state index contributed by atoms with van der Waals surface area (Å²) < 4.78 is 24.2. The smallest absolute Gasteiger partial charge is 0.171 e. The van der Waals surface area contributed by atoms with E-state index in [2.05, 4.69) is 10.6 Å². The van der Waals surface area contributed by atoms with E-state index in [9.17, 15) is 4.39 Å². The molecule has 2 rings (SSSR count). The lowest BCUT2D eigenvalue weighted by molar-refractivity contribution is 0.287. The Bertz CT molecular complexity index is 707. The Hall–Kier alpha value is -2.34. The van der Waals surface area contributed by atoms with Crippen LogP contribution in [-0.2, 0) is 0 Å². The molecule has 2 N–H and O–H groups in total. The monoisotopic (exact) mass is 362 g/mol. The van der Waals surface area contributed by atoms with Crippen molar-refractivity contribution in [2.45, 2.75) is 26.8 Å². The van der Waals surface area contributed by atoms with Gasteiger partial charge in [-0.25, -0.2) is 4.39 Å². The van der Waals surface area contributed by atoms with Crippen molar-refractivity contribution in [2.75, 3.05) is 18.5 Å². The van der Waals surface area contributed by atoms with Crippen molar-refractivity contribution in [1.82, 2.24) is 5.32 Å². The van der Waals surface area contributed by atoms with E-state index in [0.717, 1.165) is 17.0 Å². The van der Waals surface area contributed by atoms with Crippen LogP contribution >= 0.6 is 12.2 Å². The van der Waals surface area contributed by atoms with Crippen molar-refractivity contribution in [3.63, 3.8) is 0 Å². The van der Waals surface area contributed by atoms with Crippen LogP contribution in [0.4, 0.5) is 10.1 Å². The molecule has 0 saturated heterocycles. The van der Waals surface area contributed by atoms with Crippen LogP contribution in [0.1, 0.15) is 32.4 Å². The van der Waals surface area contributed by atoms with Crippen LogP contribution in [0.15, 0.2) is 42.5 Å². The summed E-state index contributed by atoms with van der Waals surface area (Å²) in [6.45, 7) is 7.03. The van der Waals surface area contributed by atoms with Gasteiger partial charge >= 0.3 is 0 Å². The second kappa shape index (κ2) is 9.22. The highest BCUT2D eigenvalue weighted by Crippen LogP contribution is 2.30. The van der Waals surface area contributed by atoms with E-state index >= 15 is 0 Å². The molecular formula is C19H23FN2O2S. The van der Waals surface area contributed by atoms with Gasteiger partial charge in [0.1, 0.15) is 5.82 Å². The number of ether oxygens (including phenoxy) is 2. The van der Waals surface area contributed by atoms with E-state index in [1.54, 1.807) is 12.1 Å². The summed E-state index contributed by atoms with van der Waals surface area (Å²) in [5.41, 5.74) is 1.75. The molecule has 2 aromatic rings. The van der Waals surface area contributed by atoms with Gasteiger partial charge in [-0.1, -0.05) is 6.07 Å². The first-order valence-corrected chi connectivity index (χ1v) is 8.67. The van der Waals surface area contributed by atoms with E-state index in [1.165, 1.54) is 12.1 Å². The van der Waals surface area contributed by atoms with Crippen LogP contribution in [0.2, 0.25) is 0 Å². The summed E-state index contributed by atoms with van der Waals surface area (Å²) in [6, 6.07) is 11.8. The number of benzene rings is 2. The SMILES string of the molecule is CCOc1ccc([C@H](C)NC(=S)Nc2ccc(F)cc2)cc1OCC. The molecule has 0 fully saturated rings. The maximum atomic E-state index is 12.9. The standard InChI is InChI=1S/C19H23FN2O2S/c1-4-23-17-11-6-14(12-18(17)24-5-2)13(3)21-19(25)22-16-9-7-15(20)8-10-16/h6-13H,4-5H2,1-3H3,(H2,21,22,25)/t13-/m0/s1. The van der Waals surface area contributed by atoms with Crippen molar-refractivity contribution >= 4 is 23.0 Å². The third-order valence-corrected chi connectivity index (χ3v) is 3.74. The maximum Gasteiger partial charge on any atom is 0.171 e. The molecule has 0 saturated carbocycles. The second-order valence-corrected chi connectivity index (χ2v) is 5.81. The van der Waals surface area contributed by atoms with Crippen LogP contribution in [0.3, 0.4) is 0 Å². The summed E-state index contributed by atoms with van der Waals surface area (Å²) in [5.74, 6) is 1.16. The quantitative estimate of drug-likeness (QED) is 0.701. The molecule has 0 bridgehead atoms. The molecule has 2 aromatic carbocycles. The van der Waals surface area contributed by atoms with Gasteiger partial charge in [-0.3, -0.25) is 0 Å². The normalized spacial score (nSPS) is 11.5. The third kappa shape index (κ3) is 5.60. The predicted octanol–water partition coefficient (Wildman–Crippen LogP) is 4.67. The lowest BCUT2D eigenvalue weighted by Gasteiger charge is -2.19. The fourth-order valence-corrected chi connectivity index (χ4v) is 2.61. The van der Waals surface area contributed by atoms with E-state index in [0.29, 0.717) is 24.1 Å². The largest absolute Gasteiger partial charge is 0.490 e. The number of nitrogens with one attached hydrogen (secondary N) is 2. The number of hydrogen-bond acceptors (Lipinski definition) is 3. The highest BCUT2D eigenvalue weighted by atomic mass is 32.1. The molecule has 0 amide bonds. The first-order chi connectivity index (χ1) is 12.0. The van der Waals surface area contributed by atoms with Crippen LogP contribution in [0, 0.1) is 5.82 Å². The molecule has 0 aromatic heterocycles. The molecule has 4 nitrogen and oxygen atoms in total. The van der Waals surface area contributed by atoms with Crippen LogP contribution in [-0.4, -0.2) is 18.3 Å². The average molecular weight is 362 g/mol. The fourth-order valence-electron chi connectivity index (χ4n) is 2.32. The van der Waals surface area contributed by atoms with Crippen molar-refractivity contribution in [2.24, 2.45) is 0 Å². The van der Waals surface area contributed by atoms with E-state index in [4.69, 9.17) is 21.7 Å². The first-order valence-electron chi connectivity index (χ1n) is 8.26. The summed E-state index contributed by atoms with van der Waals surface area (Å²) in [7, 11) is 0. The van der Waals surface area contributed by atoms with Crippen LogP contribution < -0.4 is 20.1 Å². The summed E-state index contributed by atoms with van der Waals surface area (Å²) in [4.78, 5) is 0. The first kappa shape index (κ1) is 19.0. The van der Waals surface area contributed by atoms with Gasteiger partial charge in [0.2, 0.25) is 0 Å². The molecule has 0 aliphatic carbocycles. The molecule has 0 aliphatic rings. The summed E-state index contributed by atoms with van der Waals surface area (Å²) in [6.07, 6.45) is 0. The van der Waals surface area contributed by atoms with E-state index in [-0.39, 0.29) is 11.9 Å². The minimum absolute atomic E-state index is 0.0321. The molecule has 0 aliphatic heterocycles. The third-order valence-electron chi connectivity index (χ3n) is 3.52. The van der Waals surface area contributed by atoms with Crippen molar-refractivity contribution in [1.29, 1.82) is 0 Å². The Kier molecular flexibility index (Phi) is 7.01. The molecule has 0 spiro atoms. The maximum absolute atomic E-state index is 12.9. The fraction of sp³-hybridized carbons (Fsp3) is 0.316. The zero-order valence-corrected chi connectivity index (χ0v) is 15.5.